The lowest BCUT2D eigenvalue weighted by Crippen LogP contribution is -2.28. The minimum absolute atomic E-state index is 0. The smallest absolute Gasteiger partial charge is 0.109 e. The number of ether oxygens (including phenoxy) is 1. The van der Waals surface area contributed by atoms with Crippen LogP contribution in [0.2, 0.25) is 0 Å². The molecular weight excluding hydrogens is 257 g/mol. The third-order valence-corrected chi connectivity index (χ3v) is 3.93. The second-order valence-corrected chi connectivity index (χ2v) is 7.66. The first-order valence-electron chi connectivity index (χ1n) is 5.32. The van der Waals surface area contributed by atoms with Crippen molar-refractivity contribution in [2.45, 2.75) is 12.5 Å². The minimum Gasteiger partial charge on any atom is -0.383 e. The third-order valence-electron chi connectivity index (χ3n) is 2.41. The van der Waals surface area contributed by atoms with Gasteiger partial charge in [0.05, 0.1) is 6.61 Å². The molecule has 1 unspecified atom stereocenters. The second kappa shape index (κ2) is 7.17. The molecule has 0 spiro atoms. The van der Waals surface area contributed by atoms with Crippen molar-refractivity contribution >= 4 is 24.9 Å². The zero-order valence-electron chi connectivity index (χ0n) is 10.6. The van der Waals surface area contributed by atoms with Gasteiger partial charge in [-0.15, -0.1) is 12.4 Å². The molecule has 0 saturated heterocycles. The predicted octanol–water partition coefficient (Wildman–Crippen LogP) is 1.87. The Balaban J connectivity index is 0.00000256. The number of halogens is 1. The summed E-state index contributed by atoms with van der Waals surface area (Å²) in [5, 5.41) is 0.912. The molecule has 98 valence electrons. The summed E-state index contributed by atoms with van der Waals surface area (Å²) in [5.74, 6) is 0. The Morgan fingerprint density at radius 3 is 2.59 bits per heavy atom. The second-order valence-electron chi connectivity index (χ2n) is 4.44. The van der Waals surface area contributed by atoms with Crippen LogP contribution in [0.5, 0.6) is 0 Å². The van der Waals surface area contributed by atoms with E-state index < -0.39 is 7.14 Å². The van der Waals surface area contributed by atoms with E-state index in [0.717, 1.165) is 17.3 Å². The van der Waals surface area contributed by atoms with Crippen molar-refractivity contribution in [3.63, 3.8) is 0 Å². The molecule has 1 atom stereocenters. The van der Waals surface area contributed by atoms with Gasteiger partial charge in [0.2, 0.25) is 0 Å². The lowest BCUT2D eigenvalue weighted by Gasteiger charge is -2.12. The number of benzene rings is 1. The van der Waals surface area contributed by atoms with Crippen LogP contribution in [0.3, 0.4) is 0 Å². The molecule has 0 aliphatic carbocycles. The van der Waals surface area contributed by atoms with Crippen LogP contribution in [0.15, 0.2) is 24.3 Å². The molecule has 3 nitrogen and oxygen atoms in total. The minimum atomic E-state index is -2.18. The highest BCUT2D eigenvalue weighted by Gasteiger charge is 2.12. The quantitative estimate of drug-likeness (QED) is 0.836. The van der Waals surface area contributed by atoms with Gasteiger partial charge in [0.25, 0.3) is 0 Å². The highest BCUT2D eigenvalue weighted by atomic mass is 35.5. The van der Waals surface area contributed by atoms with E-state index in [-0.39, 0.29) is 18.4 Å². The highest BCUT2D eigenvalue weighted by molar-refractivity contribution is 7.70. The normalized spacial score (nSPS) is 12.9. The van der Waals surface area contributed by atoms with Crippen LogP contribution in [0.4, 0.5) is 0 Å². The summed E-state index contributed by atoms with van der Waals surface area (Å²) in [5.41, 5.74) is 7.00. The van der Waals surface area contributed by atoms with Gasteiger partial charge in [-0.25, -0.2) is 0 Å². The molecule has 0 aromatic heterocycles. The van der Waals surface area contributed by atoms with Crippen LogP contribution in [0.25, 0.3) is 0 Å². The van der Waals surface area contributed by atoms with Crippen molar-refractivity contribution < 1.29 is 9.30 Å². The molecule has 0 saturated carbocycles. The lowest BCUT2D eigenvalue weighted by atomic mass is 10.1. The van der Waals surface area contributed by atoms with Crippen LogP contribution in [0, 0.1) is 0 Å². The summed E-state index contributed by atoms with van der Waals surface area (Å²) in [7, 11) is -0.534. The summed E-state index contributed by atoms with van der Waals surface area (Å²) in [6.07, 6.45) is 0.752. The van der Waals surface area contributed by atoms with Crippen molar-refractivity contribution in [2.75, 3.05) is 27.0 Å². The molecule has 1 rings (SSSR count). The monoisotopic (exact) mass is 277 g/mol. The van der Waals surface area contributed by atoms with Crippen molar-refractivity contribution in [2.24, 2.45) is 5.73 Å². The number of methoxy groups -OCH3 is 1. The Labute approximate surface area is 110 Å². The van der Waals surface area contributed by atoms with Crippen LogP contribution >= 0.6 is 19.5 Å². The standard InChI is InChI=1S/C12H20NO2P.ClH/c1-15-9-11(13)7-10-5-4-6-12(8-10)16(2,3)14;/h4-6,8,11H,7,9,13H2,1-3H3;1H. The molecule has 0 amide bonds. The van der Waals surface area contributed by atoms with E-state index in [1.165, 1.54) is 0 Å². The summed E-state index contributed by atoms with van der Waals surface area (Å²) in [6, 6.07) is 7.83. The fourth-order valence-electron chi connectivity index (χ4n) is 1.59. The number of nitrogens with two attached hydrogens (primary N) is 1. The van der Waals surface area contributed by atoms with E-state index in [1.54, 1.807) is 20.4 Å². The molecule has 0 aliphatic heterocycles. The van der Waals surface area contributed by atoms with E-state index in [0.29, 0.717) is 6.61 Å². The van der Waals surface area contributed by atoms with Gasteiger partial charge in [-0.1, -0.05) is 18.2 Å². The van der Waals surface area contributed by atoms with Crippen molar-refractivity contribution in [3.05, 3.63) is 29.8 Å². The lowest BCUT2D eigenvalue weighted by molar-refractivity contribution is 0.180. The predicted molar refractivity (Wildman–Crippen MR) is 76.3 cm³/mol. The van der Waals surface area contributed by atoms with Crippen LogP contribution in [0.1, 0.15) is 5.56 Å². The zero-order valence-corrected chi connectivity index (χ0v) is 12.3. The molecule has 17 heavy (non-hydrogen) atoms. The summed E-state index contributed by atoms with van der Waals surface area (Å²) in [6.45, 7) is 4.10. The Morgan fingerprint density at radius 2 is 2.06 bits per heavy atom. The van der Waals surface area contributed by atoms with Crippen LogP contribution in [-0.4, -0.2) is 33.1 Å². The van der Waals surface area contributed by atoms with E-state index in [2.05, 4.69) is 0 Å². The van der Waals surface area contributed by atoms with Crippen molar-refractivity contribution in [1.82, 2.24) is 0 Å². The molecule has 0 fully saturated rings. The Bertz CT molecular complexity index is 392. The van der Waals surface area contributed by atoms with Crippen molar-refractivity contribution in [1.29, 1.82) is 0 Å². The highest BCUT2D eigenvalue weighted by Crippen LogP contribution is 2.34. The van der Waals surface area contributed by atoms with E-state index >= 15 is 0 Å². The van der Waals surface area contributed by atoms with Gasteiger partial charge in [0.1, 0.15) is 7.14 Å². The maximum Gasteiger partial charge on any atom is 0.109 e. The maximum absolute atomic E-state index is 11.9. The largest absolute Gasteiger partial charge is 0.383 e. The molecule has 0 heterocycles. The third kappa shape index (κ3) is 5.69. The molecule has 1 aromatic carbocycles. The average Bonchev–Trinajstić information content (AvgIpc) is 2.17. The number of hydrogen-bond donors (Lipinski definition) is 1. The van der Waals surface area contributed by atoms with Gasteiger partial charge in [-0.3, -0.25) is 0 Å². The maximum atomic E-state index is 11.9. The number of hydrogen-bond acceptors (Lipinski definition) is 3. The summed E-state index contributed by atoms with van der Waals surface area (Å²) < 4.78 is 16.9. The summed E-state index contributed by atoms with van der Waals surface area (Å²) in [4.78, 5) is 0. The molecule has 2 N–H and O–H groups in total. The first-order valence-corrected chi connectivity index (χ1v) is 7.92. The molecule has 0 bridgehead atoms. The van der Waals surface area contributed by atoms with Gasteiger partial charge in [-0.05, 0) is 31.4 Å². The fourth-order valence-corrected chi connectivity index (χ4v) is 2.52. The summed E-state index contributed by atoms with van der Waals surface area (Å²) >= 11 is 0. The van der Waals surface area contributed by atoms with Gasteiger partial charge in [-0.2, -0.15) is 0 Å². The van der Waals surface area contributed by atoms with Crippen LogP contribution < -0.4 is 11.0 Å². The molecule has 0 radical (unpaired) electrons. The van der Waals surface area contributed by atoms with Gasteiger partial charge in [0.15, 0.2) is 0 Å². The average molecular weight is 278 g/mol. The fraction of sp³-hybridized carbons (Fsp3) is 0.500. The molecule has 1 aromatic rings. The SMILES string of the molecule is COCC(N)Cc1cccc(P(C)(C)=O)c1.Cl. The van der Waals surface area contributed by atoms with Gasteiger partial charge < -0.3 is 15.0 Å². The molecule has 0 aliphatic rings. The van der Waals surface area contributed by atoms with E-state index in [1.807, 2.05) is 24.3 Å². The Kier molecular flexibility index (Phi) is 7.03. The first-order chi connectivity index (χ1) is 7.43. The molecule has 5 heteroatoms. The zero-order chi connectivity index (χ0) is 12.2. The molecular formula is C12H21ClNO2P. The van der Waals surface area contributed by atoms with E-state index in [9.17, 15) is 4.57 Å². The first kappa shape index (κ1) is 16.7. The Morgan fingerprint density at radius 1 is 1.41 bits per heavy atom. The van der Waals surface area contributed by atoms with Crippen LogP contribution in [-0.2, 0) is 15.7 Å². The Hall–Kier alpha value is -0.340. The van der Waals surface area contributed by atoms with Gasteiger partial charge in [0, 0.05) is 18.5 Å². The van der Waals surface area contributed by atoms with Crippen molar-refractivity contribution in [3.8, 4) is 0 Å². The topological polar surface area (TPSA) is 52.3 Å². The van der Waals surface area contributed by atoms with E-state index in [4.69, 9.17) is 10.5 Å². The van der Waals surface area contributed by atoms with Gasteiger partial charge >= 0.3 is 0 Å². The number of rotatable bonds is 5.